The third-order valence-corrected chi connectivity index (χ3v) is 8.33. The molecule has 1 aromatic carbocycles. The second kappa shape index (κ2) is 9.71. The van der Waals surface area contributed by atoms with Crippen LogP contribution in [0.2, 0.25) is 0 Å². The number of piperidine rings is 1. The van der Waals surface area contributed by atoms with Gasteiger partial charge in [-0.3, -0.25) is 0 Å². The molecule has 0 unspecified atom stereocenters. The Hall–Kier alpha value is -3.99. The van der Waals surface area contributed by atoms with Crippen molar-refractivity contribution in [2.45, 2.75) is 29.6 Å². The first-order valence-electron chi connectivity index (χ1n) is 11.5. The summed E-state index contributed by atoms with van der Waals surface area (Å²) in [7, 11) is -3.91. The lowest BCUT2D eigenvalue weighted by molar-refractivity contribution is -0.137. The molecule has 1 aliphatic heterocycles. The van der Waals surface area contributed by atoms with Gasteiger partial charge in [0.05, 0.1) is 28.2 Å². The van der Waals surface area contributed by atoms with E-state index in [-0.39, 0.29) is 30.2 Å². The van der Waals surface area contributed by atoms with E-state index < -0.39 is 33.9 Å². The van der Waals surface area contributed by atoms with Crippen molar-refractivity contribution in [2.75, 3.05) is 18.4 Å². The van der Waals surface area contributed by atoms with Crippen LogP contribution in [-0.2, 0) is 16.2 Å². The number of halogens is 3. The molecule has 1 saturated heterocycles. The minimum absolute atomic E-state index is 0.0534. The fourth-order valence-electron chi connectivity index (χ4n) is 4.35. The number of H-pyrrole nitrogens is 1. The van der Waals surface area contributed by atoms with Gasteiger partial charge in [0.15, 0.2) is 0 Å². The number of aliphatic hydroxyl groups excluding tert-OH is 1. The highest BCUT2D eigenvalue weighted by Crippen LogP contribution is 2.30. The van der Waals surface area contributed by atoms with E-state index in [0.29, 0.717) is 22.8 Å². The van der Waals surface area contributed by atoms with Crippen molar-refractivity contribution < 1.29 is 26.7 Å². The minimum atomic E-state index is -4.50. The minimum Gasteiger partial charge on any atom is -0.390 e. The molecule has 0 aliphatic carbocycles. The molecule has 0 spiro atoms. The number of nitrogens with zero attached hydrogens (tertiary/aromatic N) is 4. The van der Waals surface area contributed by atoms with Crippen LogP contribution in [0.1, 0.15) is 17.5 Å². The molecule has 0 saturated carbocycles. The Morgan fingerprint density at radius 2 is 1.87 bits per heavy atom. The molecular formula is C25H21F3N6O3S. The summed E-state index contributed by atoms with van der Waals surface area (Å²) in [5.74, 6) is 0.156. The average Bonchev–Trinajstić information content (AvgIpc) is 3.32. The number of pyridine rings is 2. The zero-order valence-electron chi connectivity index (χ0n) is 19.6. The Morgan fingerprint density at radius 1 is 1.11 bits per heavy atom. The molecule has 4 heterocycles. The Morgan fingerprint density at radius 3 is 2.50 bits per heavy atom. The van der Waals surface area contributed by atoms with E-state index in [0.717, 1.165) is 17.2 Å². The van der Waals surface area contributed by atoms with Crippen LogP contribution in [0.5, 0.6) is 0 Å². The van der Waals surface area contributed by atoms with Crippen LogP contribution >= 0.6 is 0 Å². The molecular weight excluding hydrogens is 521 g/mol. The van der Waals surface area contributed by atoms with Gasteiger partial charge in [-0.25, -0.2) is 18.4 Å². The molecule has 0 amide bonds. The summed E-state index contributed by atoms with van der Waals surface area (Å²) < 4.78 is 65.8. The highest BCUT2D eigenvalue weighted by atomic mass is 32.2. The molecule has 38 heavy (non-hydrogen) atoms. The quantitative estimate of drug-likeness (QED) is 0.350. The van der Waals surface area contributed by atoms with Gasteiger partial charge in [0.25, 0.3) is 0 Å². The zero-order chi connectivity index (χ0) is 27.1. The fourth-order valence-corrected chi connectivity index (χ4v) is 5.82. The fraction of sp³-hybridized carbons (Fsp3) is 0.240. The molecule has 4 aromatic rings. The van der Waals surface area contributed by atoms with E-state index in [1.54, 1.807) is 30.6 Å². The maximum absolute atomic E-state index is 13.2. The Balaban J connectivity index is 1.27. The summed E-state index contributed by atoms with van der Waals surface area (Å²) in [6.07, 6.45) is -1.47. The van der Waals surface area contributed by atoms with E-state index in [2.05, 4.69) is 26.3 Å². The molecule has 5 rings (SSSR count). The number of rotatable bonds is 5. The lowest BCUT2D eigenvalue weighted by atomic mass is 10.0. The van der Waals surface area contributed by atoms with Gasteiger partial charge >= 0.3 is 6.18 Å². The van der Waals surface area contributed by atoms with Gasteiger partial charge in [-0.2, -0.15) is 22.7 Å². The number of alkyl halides is 3. The number of fused-ring (bicyclic) bond motifs is 1. The first-order valence-corrected chi connectivity index (χ1v) is 13.0. The number of nitrogens with one attached hydrogen (secondary N) is 2. The predicted molar refractivity (Wildman–Crippen MR) is 132 cm³/mol. The van der Waals surface area contributed by atoms with Crippen LogP contribution < -0.4 is 5.32 Å². The van der Waals surface area contributed by atoms with Crippen LogP contribution in [-0.4, -0.2) is 58.0 Å². The van der Waals surface area contributed by atoms with Crippen molar-refractivity contribution >= 4 is 26.9 Å². The van der Waals surface area contributed by atoms with Crippen LogP contribution in [0.25, 0.3) is 22.2 Å². The molecule has 9 nitrogen and oxygen atoms in total. The van der Waals surface area contributed by atoms with Crippen molar-refractivity contribution in [3.8, 4) is 17.2 Å². The summed E-state index contributed by atoms with van der Waals surface area (Å²) in [5, 5.41) is 23.4. The third kappa shape index (κ3) is 4.93. The van der Waals surface area contributed by atoms with Gasteiger partial charge in [-0.05, 0) is 42.3 Å². The highest BCUT2D eigenvalue weighted by molar-refractivity contribution is 7.89. The number of anilines is 1. The standard InChI is InChI=1S/C25H21F3N6O3S/c26-25(27,28)18-3-6-23(30-13-18)33-21-7-8-34(14-22(21)35)38(36,37)19-4-1-15(2-5-19)16-9-20-17(10-29)12-32-24(20)31-11-16/h1-6,9,11-13,21-22,35H,7-8,14H2,(H,30,33)(H,31,32)/t21-,22+/m0/s1. The molecule has 0 bridgehead atoms. The number of aliphatic hydroxyl groups is 1. The smallest absolute Gasteiger partial charge is 0.390 e. The summed E-state index contributed by atoms with van der Waals surface area (Å²) in [4.78, 5) is 11.0. The number of hydrogen-bond donors (Lipinski definition) is 3. The number of sulfonamides is 1. The summed E-state index contributed by atoms with van der Waals surface area (Å²) >= 11 is 0. The van der Waals surface area contributed by atoms with Crippen LogP contribution in [0.15, 0.2) is 66.0 Å². The van der Waals surface area contributed by atoms with E-state index >= 15 is 0 Å². The molecule has 1 fully saturated rings. The van der Waals surface area contributed by atoms with Gasteiger partial charge in [0, 0.05) is 42.6 Å². The van der Waals surface area contributed by atoms with Gasteiger partial charge < -0.3 is 15.4 Å². The molecule has 1 aliphatic rings. The normalized spacial score (nSPS) is 18.8. The largest absolute Gasteiger partial charge is 0.417 e. The number of nitriles is 1. The van der Waals surface area contributed by atoms with Crippen molar-refractivity contribution in [1.29, 1.82) is 5.26 Å². The summed E-state index contributed by atoms with van der Waals surface area (Å²) in [6.45, 7) is -0.0855. The molecule has 2 atom stereocenters. The lowest BCUT2D eigenvalue weighted by Gasteiger charge is -2.35. The highest BCUT2D eigenvalue weighted by Gasteiger charge is 2.35. The zero-order valence-corrected chi connectivity index (χ0v) is 20.5. The second-order valence-corrected chi connectivity index (χ2v) is 10.8. The maximum Gasteiger partial charge on any atom is 0.417 e. The van der Waals surface area contributed by atoms with Crippen molar-refractivity contribution in [3.63, 3.8) is 0 Å². The van der Waals surface area contributed by atoms with E-state index in [1.807, 2.05) is 0 Å². The second-order valence-electron chi connectivity index (χ2n) is 8.86. The van der Waals surface area contributed by atoms with Crippen molar-refractivity contribution in [1.82, 2.24) is 19.3 Å². The topological polar surface area (TPSA) is 135 Å². The molecule has 3 aromatic heterocycles. The van der Waals surface area contributed by atoms with Crippen LogP contribution in [0.4, 0.5) is 19.0 Å². The number of hydrogen-bond acceptors (Lipinski definition) is 7. The van der Waals surface area contributed by atoms with Crippen LogP contribution in [0.3, 0.4) is 0 Å². The van der Waals surface area contributed by atoms with Gasteiger partial charge in [0.2, 0.25) is 10.0 Å². The third-order valence-electron chi connectivity index (χ3n) is 6.45. The molecule has 3 N–H and O–H groups in total. The van der Waals surface area contributed by atoms with E-state index in [4.69, 9.17) is 0 Å². The SMILES string of the molecule is N#Cc1c[nH]c2ncc(-c3ccc(S(=O)(=O)N4CC[C@H](Nc5ccc(C(F)(F)F)cn5)[C@H](O)C4)cc3)cc12. The number of aromatic nitrogens is 3. The first-order chi connectivity index (χ1) is 18.1. The Bertz CT molecular complexity index is 1610. The first kappa shape index (κ1) is 25.7. The number of β-amino-alcohol motifs (C(OH)–C–C–N with tert-alkyl or cyclic N) is 1. The van der Waals surface area contributed by atoms with E-state index in [1.165, 1.54) is 22.5 Å². The monoisotopic (exact) mass is 542 g/mol. The summed E-state index contributed by atoms with van der Waals surface area (Å²) in [6, 6.07) is 11.6. The van der Waals surface area contributed by atoms with Gasteiger partial charge in [-0.1, -0.05) is 12.1 Å². The van der Waals surface area contributed by atoms with Crippen molar-refractivity contribution in [2.24, 2.45) is 0 Å². The Labute approximate surface area is 215 Å². The van der Waals surface area contributed by atoms with Crippen molar-refractivity contribution in [3.05, 3.63) is 72.2 Å². The Kier molecular flexibility index (Phi) is 6.56. The van der Waals surface area contributed by atoms with E-state index in [9.17, 15) is 32.0 Å². The van der Waals surface area contributed by atoms with Gasteiger partial charge in [-0.15, -0.1) is 0 Å². The maximum atomic E-state index is 13.2. The van der Waals surface area contributed by atoms with Crippen LogP contribution in [0, 0.1) is 11.3 Å². The number of aromatic amines is 1. The molecule has 13 heteroatoms. The number of benzene rings is 1. The summed E-state index contributed by atoms with van der Waals surface area (Å²) in [5.41, 5.74) is 1.59. The van der Waals surface area contributed by atoms with Gasteiger partial charge in [0.1, 0.15) is 17.5 Å². The average molecular weight is 543 g/mol. The predicted octanol–water partition coefficient (Wildman–Crippen LogP) is 3.75. The molecule has 0 radical (unpaired) electrons. The molecule has 196 valence electrons. The lowest BCUT2D eigenvalue weighted by Crippen LogP contribution is -2.51.